The first-order valence-electron chi connectivity index (χ1n) is 5.43. The zero-order valence-electron chi connectivity index (χ0n) is 9.77. The minimum Gasteiger partial charge on any atom is -0.494 e. The second-order valence-corrected chi connectivity index (χ2v) is 4.50. The quantitative estimate of drug-likeness (QED) is 0.917. The lowest BCUT2D eigenvalue weighted by Crippen LogP contribution is -2.09. The van der Waals surface area contributed by atoms with Gasteiger partial charge in [0.05, 0.1) is 22.9 Å². The summed E-state index contributed by atoms with van der Waals surface area (Å²) in [6.45, 7) is 2.53. The SMILES string of the molecule is CCOc1ccc2nc(NC(=O)CC#N)sc2c1. The van der Waals surface area contributed by atoms with Gasteiger partial charge in [-0.25, -0.2) is 4.98 Å². The number of anilines is 1. The number of benzene rings is 1. The van der Waals surface area contributed by atoms with Crippen LogP contribution in [0.3, 0.4) is 0 Å². The van der Waals surface area contributed by atoms with Gasteiger partial charge in [0.1, 0.15) is 12.2 Å². The highest BCUT2D eigenvalue weighted by atomic mass is 32.1. The summed E-state index contributed by atoms with van der Waals surface area (Å²) in [5.41, 5.74) is 0.802. The van der Waals surface area contributed by atoms with Gasteiger partial charge in [-0.05, 0) is 25.1 Å². The molecule has 0 radical (unpaired) electrons. The first-order valence-corrected chi connectivity index (χ1v) is 6.24. The monoisotopic (exact) mass is 261 g/mol. The van der Waals surface area contributed by atoms with Crippen molar-refractivity contribution >= 4 is 32.6 Å². The highest BCUT2D eigenvalue weighted by Gasteiger charge is 2.08. The first kappa shape index (κ1) is 12.3. The number of thiazole rings is 1. The van der Waals surface area contributed by atoms with Crippen LogP contribution in [0.15, 0.2) is 18.2 Å². The molecule has 1 aromatic carbocycles. The fourth-order valence-electron chi connectivity index (χ4n) is 1.45. The summed E-state index contributed by atoms with van der Waals surface area (Å²) < 4.78 is 6.33. The number of nitrogens with zero attached hydrogens (tertiary/aromatic N) is 2. The lowest BCUT2D eigenvalue weighted by molar-refractivity contribution is -0.115. The molecule has 0 aliphatic carbocycles. The minimum absolute atomic E-state index is 0.167. The molecule has 18 heavy (non-hydrogen) atoms. The van der Waals surface area contributed by atoms with Gasteiger partial charge >= 0.3 is 0 Å². The fraction of sp³-hybridized carbons (Fsp3) is 0.250. The predicted octanol–water partition coefficient (Wildman–Crippen LogP) is 2.55. The van der Waals surface area contributed by atoms with Crippen molar-refractivity contribution in [1.82, 2.24) is 4.98 Å². The van der Waals surface area contributed by atoms with E-state index in [4.69, 9.17) is 10.00 Å². The molecule has 0 aliphatic rings. The van der Waals surface area contributed by atoms with Crippen molar-refractivity contribution in [2.75, 3.05) is 11.9 Å². The average Bonchev–Trinajstić information content (AvgIpc) is 2.71. The van der Waals surface area contributed by atoms with Crippen LogP contribution in [0.1, 0.15) is 13.3 Å². The summed E-state index contributed by atoms with van der Waals surface area (Å²) in [6.07, 6.45) is -0.167. The molecule has 1 N–H and O–H groups in total. The van der Waals surface area contributed by atoms with E-state index in [9.17, 15) is 4.79 Å². The Morgan fingerprint density at radius 3 is 3.17 bits per heavy atom. The zero-order valence-corrected chi connectivity index (χ0v) is 10.6. The second-order valence-electron chi connectivity index (χ2n) is 3.46. The van der Waals surface area contributed by atoms with E-state index < -0.39 is 0 Å². The van der Waals surface area contributed by atoms with Crippen molar-refractivity contribution < 1.29 is 9.53 Å². The maximum atomic E-state index is 11.3. The van der Waals surface area contributed by atoms with E-state index in [-0.39, 0.29) is 12.3 Å². The number of aromatic nitrogens is 1. The molecule has 2 rings (SSSR count). The van der Waals surface area contributed by atoms with Gasteiger partial charge in [-0.3, -0.25) is 4.79 Å². The van der Waals surface area contributed by atoms with Crippen LogP contribution in [-0.4, -0.2) is 17.5 Å². The fourth-order valence-corrected chi connectivity index (χ4v) is 2.36. The summed E-state index contributed by atoms with van der Waals surface area (Å²) in [5.74, 6) is 0.435. The molecule has 0 aliphatic heterocycles. The van der Waals surface area contributed by atoms with E-state index >= 15 is 0 Å². The molecule has 0 atom stereocenters. The van der Waals surface area contributed by atoms with Crippen molar-refractivity contribution in [3.8, 4) is 11.8 Å². The van der Waals surface area contributed by atoms with E-state index in [0.717, 1.165) is 16.0 Å². The highest BCUT2D eigenvalue weighted by Crippen LogP contribution is 2.29. The summed E-state index contributed by atoms with van der Waals surface area (Å²) in [7, 11) is 0. The minimum atomic E-state index is -0.346. The molecule has 0 saturated heterocycles. The lowest BCUT2D eigenvalue weighted by atomic mass is 10.3. The third-order valence-electron chi connectivity index (χ3n) is 2.16. The molecule has 0 unspecified atom stereocenters. The van der Waals surface area contributed by atoms with E-state index in [2.05, 4.69) is 10.3 Å². The number of hydrogen-bond donors (Lipinski definition) is 1. The Bertz CT molecular complexity index is 615. The van der Waals surface area contributed by atoms with Crippen molar-refractivity contribution in [3.63, 3.8) is 0 Å². The standard InChI is InChI=1S/C12H11N3O2S/c1-2-17-8-3-4-9-10(7-8)18-12(14-9)15-11(16)5-6-13/h3-4,7H,2,5H2,1H3,(H,14,15,16). The number of ether oxygens (including phenoxy) is 1. The van der Waals surface area contributed by atoms with Gasteiger partial charge in [-0.2, -0.15) is 5.26 Å². The number of nitriles is 1. The lowest BCUT2D eigenvalue weighted by Gasteiger charge is -2.00. The number of carbonyl (C=O) groups excluding carboxylic acids is 1. The van der Waals surface area contributed by atoms with Gasteiger partial charge in [-0.1, -0.05) is 11.3 Å². The smallest absolute Gasteiger partial charge is 0.240 e. The number of hydrogen-bond acceptors (Lipinski definition) is 5. The largest absolute Gasteiger partial charge is 0.494 e. The third-order valence-corrected chi connectivity index (χ3v) is 3.09. The summed E-state index contributed by atoms with van der Waals surface area (Å²) in [4.78, 5) is 15.5. The maximum Gasteiger partial charge on any atom is 0.240 e. The molecular weight excluding hydrogens is 250 g/mol. The van der Waals surface area contributed by atoms with Crippen LogP contribution in [0, 0.1) is 11.3 Å². The van der Waals surface area contributed by atoms with E-state index in [1.54, 1.807) is 6.07 Å². The van der Waals surface area contributed by atoms with Gasteiger partial charge in [0.15, 0.2) is 5.13 Å². The first-order chi connectivity index (χ1) is 8.72. The second kappa shape index (κ2) is 5.47. The van der Waals surface area contributed by atoms with E-state index in [0.29, 0.717) is 11.7 Å². The number of amides is 1. The summed E-state index contributed by atoms with van der Waals surface area (Å²) in [5, 5.41) is 11.5. The molecule has 5 nitrogen and oxygen atoms in total. The van der Waals surface area contributed by atoms with E-state index in [1.807, 2.05) is 25.1 Å². The Balaban J connectivity index is 2.22. The average molecular weight is 261 g/mol. The molecule has 1 aromatic heterocycles. The Hall–Kier alpha value is -2.13. The van der Waals surface area contributed by atoms with Crippen LogP contribution in [0.5, 0.6) is 5.75 Å². The van der Waals surface area contributed by atoms with Gasteiger partial charge in [-0.15, -0.1) is 0 Å². The number of carbonyl (C=O) groups is 1. The van der Waals surface area contributed by atoms with Crippen LogP contribution in [-0.2, 0) is 4.79 Å². The predicted molar refractivity (Wildman–Crippen MR) is 69.6 cm³/mol. The third kappa shape index (κ3) is 2.76. The number of rotatable bonds is 4. The van der Waals surface area contributed by atoms with Gasteiger partial charge in [0.2, 0.25) is 5.91 Å². The molecule has 1 amide bonds. The zero-order chi connectivity index (χ0) is 13.0. The topological polar surface area (TPSA) is 75.0 Å². The van der Waals surface area contributed by atoms with Crippen LogP contribution >= 0.6 is 11.3 Å². The number of nitrogens with one attached hydrogen (secondary N) is 1. The molecule has 0 saturated carbocycles. The van der Waals surface area contributed by atoms with Crippen molar-refractivity contribution in [1.29, 1.82) is 5.26 Å². The van der Waals surface area contributed by atoms with Crippen LogP contribution in [0.25, 0.3) is 10.2 Å². The van der Waals surface area contributed by atoms with Crippen LogP contribution < -0.4 is 10.1 Å². The molecule has 92 valence electrons. The Morgan fingerprint density at radius 1 is 1.61 bits per heavy atom. The maximum absolute atomic E-state index is 11.3. The van der Waals surface area contributed by atoms with Gasteiger partial charge in [0, 0.05) is 0 Å². The molecular formula is C12H11N3O2S. The summed E-state index contributed by atoms with van der Waals surface area (Å²) >= 11 is 1.36. The highest BCUT2D eigenvalue weighted by molar-refractivity contribution is 7.22. The molecule has 0 spiro atoms. The van der Waals surface area contributed by atoms with Crippen LogP contribution in [0.4, 0.5) is 5.13 Å². The Morgan fingerprint density at radius 2 is 2.44 bits per heavy atom. The van der Waals surface area contributed by atoms with Crippen LogP contribution in [0.2, 0.25) is 0 Å². The summed E-state index contributed by atoms with van der Waals surface area (Å²) in [6, 6.07) is 7.36. The van der Waals surface area contributed by atoms with Crippen molar-refractivity contribution in [2.45, 2.75) is 13.3 Å². The molecule has 0 fully saturated rings. The van der Waals surface area contributed by atoms with Crippen molar-refractivity contribution in [3.05, 3.63) is 18.2 Å². The molecule has 1 heterocycles. The normalized spacial score (nSPS) is 10.0. The Kier molecular flexibility index (Phi) is 3.75. The molecule has 6 heteroatoms. The molecule has 0 bridgehead atoms. The van der Waals surface area contributed by atoms with Crippen molar-refractivity contribution in [2.24, 2.45) is 0 Å². The van der Waals surface area contributed by atoms with E-state index in [1.165, 1.54) is 11.3 Å². The Labute approximate surface area is 108 Å². The van der Waals surface area contributed by atoms with Gasteiger partial charge < -0.3 is 10.1 Å². The molecule has 2 aromatic rings. The van der Waals surface area contributed by atoms with Gasteiger partial charge in [0.25, 0.3) is 0 Å². The number of fused-ring (bicyclic) bond motifs is 1.